The smallest absolute Gasteiger partial charge is 0.253 e. The van der Waals surface area contributed by atoms with E-state index < -0.39 is 0 Å². The summed E-state index contributed by atoms with van der Waals surface area (Å²) < 4.78 is 9.96. The van der Waals surface area contributed by atoms with Crippen LogP contribution in [0.2, 0.25) is 0 Å². The van der Waals surface area contributed by atoms with Gasteiger partial charge in [-0.15, -0.1) is 12.4 Å². The normalized spacial score (nSPS) is 15.5. The molecular formula is C14H19ClN4O3. The van der Waals surface area contributed by atoms with Gasteiger partial charge in [-0.2, -0.15) is 0 Å². The predicted octanol–water partition coefficient (Wildman–Crippen LogP) is 1.05. The molecular weight excluding hydrogens is 308 g/mol. The van der Waals surface area contributed by atoms with Gasteiger partial charge in [0, 0.05) is 38.8 Å². The quantitative estimate of drug-likeness (QED) is 0.836. The molecule has 22 heavy (non-hydrogen) atoms. The Bertz CT molecular complexity index is 627. The highest BCUT2D eigenvalue weighted by Crippen LogP contribution is 2.13. The van der Waals surface area contributed by atoms with E-state index in [1.807, 2.05) is 7.05 Å². The minimum atomic E-state index is -0.0202. The molecule has 0 N–H and O–H groups in total. The van der Waals surface area contributed by atoms with Gasteiger partial charge in [0.25, 0.3) is 5.91 Å². The van der Waals surface area contributed by atoms with Crippen LogP contribution in [-0.4, -0.2) is 72.5 Å². The van der Waals surface area contributed by atoms with Crippen molar-refractivity contribution in [3.63, 3.8) is 0 Å². The minimum Gasteiger partial charge on any atom is -0.379 e. The van der Waals surface area contributed by atoms with Gasteiger partial charge in [0.2, 0.25) is 0 Å². The van der Waals surface area contributed by atoms with Crippen molar-refractivity contribution in [2.45, 2.75) is 0 Å². The summed E-state index contributed by atoms with van der Waals surface area (Å²) in [5, 5.41) is 7.49. The third-order valence-electron chi connectivity index (χ3n) is 3.70. The summed E-state index contributed by atoms with van der Waals surface area (Å²) in [6, 6.07) is 5.20. The van der Waals surface area contributed by atoms with Gasteiger partial charge in [-0.1, -0.05) is 0 Å². The molecule has 0 atom stereocenters. The van der Waals surface area contributed by atoms with E-state index in [1.54, 1.807) is 23.1 Å². The van der Waals surface area contributed by atoms with E-state index in [0.29, 0.717) is 23.1 Å². The number of nitrogens with zero attached hydrogens (tertiary/aromatic N) is 4. The number of carbonyl (C=O) groups excluding carboxylic acids is 1. The van der Waals surface area contributed by atoms with Crippen LogP contribution in [0.5, 0.6) is 0 Å². The van der Waals surface area contributed by atoms with E-state index in [4.69, 9.17) is 4.74 Å². The Labute approximate surface area is 134 Å². The summed E-state index contributed by atoms with van der Waals surface area (Å²) in [6.45, 7) is 4.95. The van der Waals surface area contributed by atoms with Crippen molar-refractivity contribution in [3.8, 4) is 0 Å². The zero-order valence-corrected chi connectivity index (χ0v) is 13.2. The number of morpholine rings is 1. The van der Waals surface area contributed by atoms with E-state index in [0.717, 1.165) is 32.8 Å². The number of ether oxygens (including phenoxy) is 1. The molecule has 3 rings (SSSR count). The first-order valence-electron chi connectivity index (χ1n) is 7.02. The van der Waals surface area contributed by atoms with Crippen LogP contribution in [0.3, 0.4) is 0 Å². The number of fused-ring (bicyclic) bond motifs is 1. The van der Waals surface area contributed by atoms with Gasteiger partial charge >= 0.3 is 0 Å². The Morgan fingerprint density at radius 3 is 2.77 bits per heavy atom. The van der Waals surface area contributed by atoms with Gasteiger partial charge in [-0.25, -0.2) is 4.63 Å². The van der Waals surface area contributed by atoms with Crippen LogP contribution in [-0.2, 0) is 4.74 Å². The topological polar surface area (TPSA) is 71.7 Å². The lowest BCUT2D eigenvalue weighted by Gasteiger charge is -2.28. The molecule has 1 fully saturated rings. The maximum absolute atomic E-state index is 12.4. The molecule has 2 heterocycles. The SMILES string of the molecule is CN(CCN1CCOCC1)C(=O)c1ccc2nonc2c1.Cl. The summed E-state index contributed by atoms with van der Waals surface area (Å²) >= 11 is 0. The summed E-state index contributed by atoms with van der Waals surface area (Å²) in [6.07, 6.45) is 0. The molecule has 1 aromatic heterocycles. The Kier molecular flexibility index (Phi) is 5.70. The number of hydrogen-bond acceptors (Lipinski definition) is 6. The second-order valence-electron chi connectivity index (χ2n) is 5.15. The highest BCUT2D eigenvalue weighted by Gasteiger charge is 2.16. The number of hydrogen-bond donors (Lipinski definition) is 0. The molecule has 1 aliphatic heterocycles. The van der Waals surface area contributed by atoms with E-state index in [1.165, 1.54) is 0 Å². The summed E-state index contributed by atoms with van der Waals surface area (Å²) in [4.78, 5) is 16.4. The highest BCUT2D eigenvalue weighted by atomic mass is 35.5. The molecule has 0 bridgehead atoms. The van der Waals surface area contributed by atoms with Gasteiger partial charge in [0.1, 0.15) is 11.0 Å². The third-order valence-corrected chi connectivity index (χ3v) is 3.70. The van der Waals surface area contributed by atoms with E-state index in [-0.39, 0.29) is 18.3 Å². The lowest BCUT2D eigenvalue weighted by Crippen LogP contribution is -2.41. The van der Waals surface area contributed by atoms with Gasteiger partial charge in [0.15, 0.2) is 0 Å². The van der Waals surface area contributed by atoms with Gasteiger partial charge in [-0.05, 0) is 28.5 Å². The second kappa shape index (κ2) is 7.53. The zero-order chi connectivity index (χ0) is 14.7. The molecule has 120 valence electrons. The van der Waals surface area contributed by atoms with Gasteiger partial charge in [-0.3, -0.25) is 9.69 Å². The average molecular weight is 327 g/mol. The lowest BCUT2D eigenvalue weighted by molar-refractivity contribution is 0.0338. The Balaban J connectivity index is 0.00000176. The predicted molar refractivity (Wildman–Crippen MR) is 83.3 cm³/mol. The molecule has 0 unspecified atom stereocenters. The molecule has 0 aliphatic carbocycles. The maximum Gasteiger partial charge on any atom is 0.253 e. The molecule has 8 heteroatoms. The molecule has 2 aromatic rings. The van der Waals surface area contributed by atoms with Crippen LogP contribution in [0.1, 0.15) is 10.4 Å². The number of benzene rings is 1. The Hall–Kier alpha value is -1.70. The first kappa shape index (κ1) is 16.7. The van der Waals surface area contributed by atoms with Crippen LogP contribution >= 0.6 is 12.4 Å². The fraction of sp³-hybridized carbons (Fsp3) is 0.500. The van der Waals surface area contributed by atoms with Crippen molar-refractivity contribution in [2.75, 3.05) is 46.4 Å². The van der Waals surface area contributed by atoms with E-state index >= 15 is 0 Å². The number of likely N-dealkylation sites (N-methyl/N-ethyl adjacent to an activating group) is 1. The third kappa shape index (κ3) is 3.73. The monoisotopic (exact) mass is 326 g/mol. The van der Waals surface area contributed by atoms with Crippen molar-refractivity contribution in [2.24, 2.45) is 0 Å². The number of aromatic nitrogens is 2. The molecule has 1 aliphatic rings. The lowest BCUT2D eigenvalue weighted by atomic mass is 10.2. The average Bonchev–Trinajstić information content (AvgIpc) is 3.00. The molecule has 1 aromatic carbocycles. The molecule has 0 saturated carbocycles. The first-order chi connectivity index (χ1) is 10.2. The number of carbonyl (C=O) groups is 1. The van der Waals surface area contributed by atoms with Crippen molar-refractivity contribution >= 4 is 29.3 Å². The minimum absolute atomic E-state index is 0. The number of rotatable bonds is 4. The second-order valence-corrected chi connectivity index (χ2v) is 5.15. The largest absolute Gasteiger partial charge is 0.379 e. The molecule has 1 amide bonds. The number of amides is 1. The van der Waals surface area contributed by atoms with Gasteiger partial charge < -0.3 is 9.64 Å². The van der Waals surface area contributed by atoms with E-state index in [9.17, 15) is 4.79 Å². The summed E-state index contributed by atoms with van der Waals surface area (Å²) in [5.74, 6) is -0.0202. The van der Waals surface area contributed by atoms with Crippen LogP contribution in [0.15, 0.2) is 22.8 Å². The molecule has 0 radical (unpaired) electrons. The number of halogens is 1. The first-order valence-corrected chi connectivity index (χ1v) is 7.02. The van der Waals surface area contributed by atoms with Crippen molar-refractivity contribution in [3.05, 3.63) is 23.8 Å². The maximum atomic E-state index is 12.4. The fourth-order valence-corrected chi connectivity index (χ4v) is 2.35. The zero-order valence-electron chi connectivity index (χ0n) is 12.4. The van der Waals surface area contributed by atoms with Gasteiger partial charge in [0.05, 0.1) is 13.2 Å². The standard InChI is InChI=1S/C14H18N4O3.ClH/c1-17(4-5-18-6-8-20-9-7-18)14(19)11-2-3-12-13(10-11)16-21-15-12;/h2-3,10H,4-9H2,1H3;1H. The molecule has 0 spiro atoms. The van der Waals surface area contributed by atoms with Crippen LogP contribution < -0.4 is 0 Å². The van der Waals surface area contributed by atoms with Crippen LogP contribution in [0.4, 0.5) is 0 Å². The van der Waals surface area contributed by atoms with Crippen molar-refractivity contribution < 1.29 is 14.2 Å². The van der Waals surface area contributed by atoms with Crippen LogP contribution in [0.25, 0.3) is 11.0 Å². The van der Waals surface area contributed by atoms with E-state index in [2.05, 4.69) is 19.8 Å². The van der Waals surface area contributed by atoms with Crippen molar-refractivity contribution in [1.29, 1.82) is 0 Å². The molecule has 7 nitrogen and oxygen atoms in total. The summed E-state index contributed by atoms with van der Waals surface area (Å²) in [7, 11) is 1.81. The van der Waals surface area contributed by atoms with Crippen molar-refractivity contribution in [1.82, 2.24) is 20.1 Å². The van der Waals surface area contributed by atoms with Crippen LogP contribution in [0, 0.1) is 0 Å². The Morgan fingerprint density at radius 2 is 2.00 bits per heavy atom. The summed E-state index contributed by atoms with van der Waals surface area (Å²) in [5.41, 5.74) is 1.85. The molecule has 1 saturated heterocycles. The highest BCUT2D eigenvalue weighted by molar-refractivity contribution is 5.97. The fourth-order valence-electron chi connectivity index (χ4n) is 2.35. The Morgan fingerprint density at radius 1 is 1.27 bits per heavy atom.